The summed E-state index contributed by atoms with van der Waals surface area (Å²) in [6.07, 6.45) is 3.91. The number of benzene rings is 1. The van der Waals surface area contributed by atoms with Crippen molar-refractivity contribution in [2.24, 2.45) is 0 Å². The number of esters is 1. The molecule has 0 atom stereocenters. The number of carbonyl (C=O) groups excluding carboxylic acids is 2. The van der Waals surface area contributed by atoms with Crippen LogP contribution in [0.2, 0.25) is 0 Å². The number of anilines is 1. The van der Waals surface area contributed by atoms with Crippen LogP contribution in [0.3, 0.4) is 0 Å². The maximum absolute atomic E-state index is 12.4. The Morgan fingerprint density at radius 3 is 2.69 bits per heavy atom. The number of amides is 2. The van der Waals surface area contributed by atoms with E-state index >= 15 is 0 Å². The van der Waals surface area contributed by atoms with Crippen molar-refractivity contribution >= 4 is 28.3 Å². The van der Waals surface area contributed by atoms with Gasteiger partial charge in [0.2, 0.25) is 0 Å². The molecule has 0 saturated heterocycles. The molecule has 1 aliphatic rings. The topological polar surface area (TPSA) is 76.7 Å². The van der Waals surface area contributed by atoms with Crippen LogP contribution in [-0.4, -0.2) is 18.6 Å². The molecule has 138 valence electrons. The first-order valence-electron chi connectivity index (χ1n) is 8.73. The maximum atomic E-state index is 12.4. The Labute approximate surface area is 156 Å². The maximum Gasteiger partial charge on any atom is 0.343 e. The number of aryl methyl sites for hydroxylation is 1. The Balaban J connectivity index is 1.65. The quantitative estimate of drug-likeness (QED) is 0.591. The molecular formula is C19H22N2O4S. The van der Waals surface area contributed by atoms with Crippen molar-refractivity contribution in [1.82, 2.24) is 5.48 Å². The molecular weight excluding hydrogens is 352 g/mol. The van der Waals surface area contributed by atoms with E-state index in [0.29, 0.717) is 17.2 Å². The van der Waals surface area contributed by atoms with Crippen molar-refractivity contribution < 1.29 is 19.2 Å². The Morgan fingerprint density at radius 2 is 1.92 bits per heavy atom. The van der Waals surface area contributed by atoms with Crippen molar-refractivity contribution in [2.75, 3.05) is 11.9 Å². The van der Waals surface area contributed by atoms with E-state index in [0.717, 1.165) is 41.7 Å². The second-order valence-corrected chi connectivity index (χ2v) is 7.07. The predicted molar refractivity (Wildman–Crippen MR) is 100 cm³/mol. The molecule has 0 saturated carbocycles. The molecule has 26 heavy (non-hydrogen) atoms. The smallest absolute Gasteiger partial charge is 0.343 e. The summed E-state index contributed by atoms with van der Waals surface area (Å²) in [5.41, 5.74) is 4.82. The molecule has 7 heteroatoms. The molecule has 2 aromatic rings. The van der Waals surface area contributed by atoms with Gasteiger partial charge < -0.3 is 4.74 Å². The third-order valence-electron chi connectivity index (χ3n) is 4.12. The van der Waals surface area contributed by atoms with Gasteiger partial charge >= 0.3 is 12.0 Å². The van der Waals surface area contributed by atoms with Crippen LogP contribution in [0.4, 0.5) is 9.80 Å². The number of ether oxygens (including phenoxy) is 1. The fraction of sp³-hybridized carbons (Fsp3) is 0.368. The van der Waals surface area contributed by atoms with Crippen LogP contribution >= 0.6 is 11.3 Å². The van der Waals surface area contributed by atoms with Crippen molar-refractivity contribution in [3.05, 3.63) is 51.9 Å². The van der Waals surface area contributed by atoms with Gasteiger partial charge in [-0.15, -0.1) is 11.3 Å². The number of nitrogens with one attached hydrogen (secondary N) is 2. The van der Waals surface area contributed by atoms with Gasteiger partial charge in [0.25, 0.3) is 0 Å². The summed E-state index contributed by atoms with van der Waals surface area (Å²) in [6, 6.07) is 9.03. The van der Waals surface area contributed by atoms with E-state index in [1.54, 1.807) is 6.92 Å². The first-order chi connectivity index (χ1) is 12.7. The lowest BCUT2D eigenvalue weighted by Gasteiger charge is -2.12. The number of carbonyl (C=O) groups is 2. The minimum Gasteiger partial charge on any atom is -0.462 e. The van der Waals surface area contributed by atoms with Gasteiger partial charge in [-0.25, -0.2) is 15.1 Å². The largest absolute Gasteiger partial charge is 0.462 e. The average Bonchev–Trinajstić information content (AvgIpc) is 3.00. The van der Waals surface area contributed by atoms with Crippen LogP contribution in [0.15, 0.2) is 30.3 Å². The van der Waals surface area contributed by atoms with Gasteiger partial charge in [0.15, 0.2) is 0 Å². The summed E-state index contributed by atoms with van der Waals surface area (Å²) in [5, 5.41) is 3.26. The minimum absolute atomic E-state index is 0.264. The van der Waals surface area contributed by atoms with Crippen molar-refractivity contribution in [3.8, 4) is 0 Å². The molecule has 1 aromatic heterocycles. The van der Waals surface area contributed by atoms with Gasteiger partial charge in [0.05, 0.1) is 18.8 Å². The van der Waals surface area contributed by atoms with E-state index in [1.165, 1.54) is 11.3 Å². The Hall–Kier alpha value is -2.38. The normalized spacial score (nSPS) is 13.0. The van der Waals surface area contributed by atoms with Crippen molar-refractivity contribution in [2.45, 2.75) is 39.2 Å². The van der Waals surface area contributed by atoms with Gasteiger partial charge in [0.1, 0.15) is 5.00 Å². The molecule has 2 N–H and O–H groups in total. The molecule has 6 nitrogen and oxygen atoms in total. The first kappa shape index (κ1) is 18.4. The number of hydrogen-bond acceptors (Lipinski definition) is 5. The van der Waals surface area contributed by atoms with Gasteiger partial charge in [-0.1, -0.05) is 30.3 Å². The lowest BCUT2D eigenvalue weighted by molar-refractivity contribution is 0.0524. The number of urea groups is 1. The Bertz CT molecular complexity index is 773. The van der Waals surface area contributed by atoms with Crippen molar-refractivity contribution in [3.63, 3.8) is 0 Å². The third-order valence-corrected chi connectivity index (χ3v) is 5.33. The summed E-state index contributed by atoms with van der Waals surface area (Å²) >= 11 is 1.45. The summed E-state index contributed by atoms with van der Waals surface area (Å²) < 4.78 is 5.18. The lowest BCUT2D eigenvalue weighted by Crippen LogP contribution is -2.29. The van der Waals surface area contributed by atoms with Crippen LogP contribution in [0.5, 0.6) is 0 Å². The highest BCUT2D eigenvalue weighted by molar-refractivity contribution is 7.17. The zero-order valence-corrected chi connectivity index (χ0v) is 15.5. The molecule has 0 unspecified atom stereocenters. The van der Waals surface area contributed by atoms with Crippen LogP contribution in [0, 0.1) is 0 Å². The van der Waals surface area contributed by atoms with E-state index < -0.39 is 6.03 Å². The molecule has 1 aromatic carbocycles. The second-order valence-electron chi connectivity index (χ2n) is 5.97. The zero-order chi connectivity index (χ0) is 18.4. The van der Waals surface area contributed by atoms with Crippen LogP contribution in [-0.2, 0) is 29.0 Å². The molecule has 0 bridgehead atoms. The summed E-state index contributed by atoms with van der Waals surface area (Å²) in [7, 11) is 0. The second kappa shape index (κ2) is 8.82. The number of fused-ring (bicyclic) bond motifs is 1. The first-order valence-corrected chi connectivity index (χ1v) is 9.55. The van der Waals surface area contributed by atoms with Crippen LogP contribution in [0.1, 0.15) is 46.1 Å². The number of thiophene rings is 1. The predicted octanol–water partition coefficient (Wildman–Crippen LogP) is 4.06. The van der Waals surface area contributed by atoms with Crippen LogP contribution in [0.25, 0.3) is 0 Å². The molecule has 1 heterocycles. The number of rotatable bonds is 6. The van der Waals surface area contributed by atoms with Gasteiger partial charge in [0, 0.05) is 4.88 Å². The highest BCUT2D eigenvalue weighted by atomic mass is 32.1. The van der Waals surface area contributed by atoms with E-state index in [1.807, 2.05) is 30.3 Å². The van der Waals surface area contributed by atoms with Gasteiger partial charge in [-0.2, -0.15) is 0 Å². The zero-order valence-electron chi connectivity index (χ0n) is 14.7. The van der Waals surface area contributed by atoms with E-state index in [-0.39, 0.29) is 12.6 Å². The van der Waals surface area contributed by atoms with E-state index in [2.05, 4.69) is 10.8 Å². The molecule has 1 aliphatic carbocycles. The standard InChI is InChI=1S/C19H22N2O4S/c1-2-24-18(22)16-14-10-6-7-11-15(14)26-17(16)20-19(23)21-25-12-13-8-4-3-5-9-13/h3-5,8-9H,2,6-7,10-12H2,1H3,(H2,20,21,23). The molecule has 0 radical (unpaired) electrons. The van der Waals surface area contributed by atoms with E-state index in [4.69, 9.17) is 9.57 Å². The highest BCUT2D eigenvalue weighted by Gasteiger charge is 2.27. The molecule has 0 spiro atoms. The average molecular weight is 374 g/mol. The Kier molecular flexibility index (Phi) is 6.25. The molecule has 2 amide bonds. The summed E-state index contributed by atoms with van der Waals surface area (Å²) in [6.45, 7) is 2.34. The summed E-state index contributed by atoms with van der Waals surface area (Å²) in [5.74, 6) is -0.382. The van der Waals surface area contributed by atoms with E-state index in [9.17, 15) is 9.59 Å². The third kappa shape index (κ3) is 4.42. The molecule has 3 rings (SSSR count). The lowest BCUT2D eigenvalue weighted by atomic mass is 9.95. The summed E-state index contributed by atoms with van der Waals surface area (Å²) in [4.78, 5) is 30.9. The Morgan fingerprint density at radius 1 is 1.15 bits per heavy atom. The van der Waals surface area contributed by atoms with Gasteiger partial charge in [-0.05, 0) is 43.7 Å². The molecule has 0 aliphatic heterocycles. The molecule has 0 fully saturated rings. The monoisotopic (exact) mass is 374 g/mol. The fourth-order valence-corrected chi connectivity index (χ4v) is 4.23. The highest BCUT2D eigenvalue weighted by Crippen LogP contribution is 2.38. The fourth-order valence-electron chi connectivity index (χ4n) is 2.96. The number of hydrogen-bond donors (Lipinski definition) is 2. The minimum atomic E-state index is -0.509. The number of hydroxylamine groups is 1. The SMILES string of the molecule is CCOC(=O)c1c(NC(=O)NOCc2ccccc2)sc2c1CCCC2. The van der Waals surface area contributed by atoms with Gasteiger partial charge in [-0.3, -0.25) is 10.2 Å². The van der Waals surface area contributed by atoms with Crippen LogP contribution < -0.4 is 10.8 Å². The van der Waals surface area contributed by atoms with Crippen molar-refractivity contribution in [1.29, 1.82) is 0 Å².